The van der Waals surface area contributed by atoms with Crippen molar-refractivity contribution < 1.29 is 17.6 Å². The van der Waals surface area contributed by atoms with Crippen LogP contribution in [0.1, 0.15) is 6.42 Å². The Bertz CT molecular complexity index is 935. The van der Waals surface area contributed by atoms with Crippen molar-refractivity contribution in [2.75, 3.05) is 11.5 Å². The number of allylic oxidation sites excluding steroid dienone is 1. The van der Waals surface area contributed by atoms with Crippen LogP contribution in [0.4, 0.5) is 23.4 Å². The number of benzene rings is 1. The Morgan fingerprint density at radius 1 is 1.16 bits per heavy atom. The molecule has 2 aromatic heterocycles. The number of aromatic nitrogens is 4. The number of nitrogens with two attached hydrogens (primary N) is 1. The Hall–Kier alpha value is -2.62. The number of fused-ring (bicyclic) bond motifs is 1. The number of nitrogens with zero attached hydrogens (tertiary/aromatic N) is 4. The second-order valence-corrected chi connectivity index (χ2v) is 6.00. The van der Waals surface area contributed by atoms with Gasteiger partial charge < -0.3 is 5.73 Å². The molecule has 3 rings (SSSR count). The van der Waals surface area contributed by atoms with Crippen molar-refractivity contribution in [1.29, 1.82) is 0 Å². The number of rotatable bonds is 5. The third-order valence-corrected chi connectivity index (χ3v) is 4.14. The Labute approximate surface area is 143 Å². The highest BCUT2D eigenvalue weighted by Crippen LogP contribution is 2.27. The van der Waals surface area contributed by atoms with E-state index < -0.39 is 18.3 Å². The zero-order valence-corrected chi connectivity index (χ0v) is 13.4. The van der Waals surface area contributed by atoms with E-state index in [1.54, 1.807) is 12.1 Å². The lowest BCUT2D eigenvalue weighted by Gasteiger charge is -2.06. The summed E-state index contributed by atoms with van der Waals surface area (Å²) in [4.78, 5) is 8.23. The van der Waals surface area contributed by atoms with E-state index in [4.69, 9.17) is 5.73 Å². The molecule has 0 bridgehead atoms. The summed E-state index contributed by atoms with van der Waals surface area (Å²) in [5.41, 5.74) is 7.27. The maximum atomic E-state index is 13.0. The van der Waals surface area contributed by atoms with E-state index in [2.05, 4.69) is 15.1 Å². The fourth-order valence-electron chi connectivity index (χ4n) is 2.07. The van der Waals surface area contributed by atoms with E-state index in [9.17, 15) is 17.6 Å². The summed E-state index contributed by atoms with van der Waals surface area (Å²) < 4.78 is 51.1. The van der Waals surface area contributed by atoms with E-state index in [1.807, 2.05) is 0 Å². The smallest absolute Gasteiger partial charge is 0.301 e. The standard InChI is InChI=1S/C15H11F4N5S/c16-9-3-1-8(2-4-9)10-7-21-14-22-15(23-24(14)13(10)20)25-6-5-11(17)12(18)19/h1-4,7H,5-6,20H2. The summed E-state index contributed by atoms with van der Waals surface area (Å²) in [6.45, 7) is 0. The fraction of sp³-hybridized carbons (Fsp3) is 0.133. The topological polar surface area (TPSA) is 69.1 Å². The number of anilines is 1. The number of thioether (sulfide) groups is 1. The Balaban J connectivity index is 1.84. The van der Waals surface area contributed by atoms with Crippen molar-refractivity contribution in [2.45, 2.75) is 11.6 Å². The first-order valence-electron chi connectivity index (χ1n) is 7.05. The van der Waals surface area contributed by atoms with Crippen molar-refractivity contribution in [2.24, 2.45) is 0 Å². The highest BCUT2D eigenvalue weighted by Gasteiger charge is 2.13. The Morgan fingerprint density at radius 2 is 1.88 bits per heavy atom. The quantitative estimate of drug-likeness (QED) is 0.542. The molecule has 0 aliphatic carbocycles. The van der Waals surface area contributed by atoms with Crippen LogP contribution in [-0.4, -0.2) is 25.3 Å². The van der Waals surface area contributed by atoms with Crippen LogP contribution in [0.2, 0.25) is 0 Å². The first-order valence-corrected chi connectivity index (χ1v) is 8.04. The van der Waals surface area contributed by atoms with Gasteiger partial charge in [0.1, 0.15) is 11.6 Å². The molecule has 0 spiro atoms. The van der Waals surface area contributed by atoms with Crippen LogP contribution >= 0.6 is 11.8 Å². The van der Waals surface area contributed by atoms with Crippen molar-refractivity contribution in [3.8, 4) is 11.1 Å². The summed E-state index contributed by atoms with van der Waals surface area (Å²) in [5, 5.41) is 4.38. The molecular formula is C15H11F4N5S. The van der Waals surface area contributed by atoms with Gasteiger partial charge >= 0.3 is 6.08 Å². The van der Waals surface area contributed by atoms with Gasteiger partial charge in [-0.25, -0.2) is 13.8 Å². The monoisotopic (exact) mass is 369 g/mol. The second kappa shape index (κ2) is 7.09. The van der Waals surface area contributed by atoms with E-state index in [0.29, 0.717) is 11.1 Å². The lowest BCUT2D eigenvalue weighted by molar-refractivity contribution is 0.373. The van der Waals surface area contributed by atoms with Gasteiger partial charge in [0.2, 0.25) is 5.16 Å². The Kier molecular flexibility index (Phi) is 4.88. The molecule has 0 unspecified atom stereocenters. The Morgan fingerprint density at radius 3 is 2.56 bits per heavy atom. The summed E-state index contributed by atoms with van der Waals surface area (Å²) in [6, 6.07) is 5.71. The van der Waals surface area contributed by atoms with Crippen LogP contribution in [0.15, 0.2) is 47.5 Å². The average molecular weight is 369 g/mol. The second-order valence-electron chi connectivity index (χ2n) is 4.93. The molecule has 0 amide bonds. The molecule has 0 aliphatic rings. The van der Waals surface area contributed by atoms with Crippen LogP contribution < -0.4 is 5.73 Å². The minimum Gasteiger partial charge on any atom is -0.383 e. The van der Waals surface area contributed by atoms with Crippen LogP contribution in [0.25, 0.3) is 16.9 Å². The molecule has 0 saturated heterocycles. The maximum absolute atomic E-state index is 13.0. The SMILES string of the molecule is Nc1c(-c2ccc(F)cc2)cnc2nc(SCCC(F)=C(F)F)nn12. The first kappa shape index (κ1) is 17.2. The zero-order chi connectivity index (χ0) is 18.0. The average Bonchev–Trinajstić information content (AvgIpc) is 3.00. The third kappa shape index (κ3) is 3.73. The summed E-state index contributed by atoms with van der Waals surface area (Å²) >= 11 is 1.01. The lowest BCUT2D eigenvalue weighted by atomic mass is 10.1. The van der Waals surface area contributed by atoms with Crippen molar-refractivity contribution in [3.63, 3.8) is 0 Å². The van der Waals surface area contributed by atoms with Gasteiger partial charge in [-0.2, -0.15) is 18.3 Å². The van der Waals surface area contributed by atoms with E-state index in [0.717, 1.165) is 11.8 Å². The lowest BCUT2D eigenvalue weighted by Crippen LogP contribution is -2.03. The molecule has 0 atom stereocenters. The molecule has 0 aliphatic heterocycles. The molecule has 0 fully saturated rings. The number of hydrogen-bond acceptors (Lipinski definition) is 5. The molecular weight excluding hydrogens is 358 g/mol. The van der Waals surface area contributed by atoms with Gasteiger partial charge in [0, 0.05) is 23.9 Å². The molecule has 2 heterocycles. The van der Waals surface area contributed by atoms with Gasteiger partial charge in [-0.1, -0.05) is 23.9 Å². The van der Waals surface area contributed by atoms with Gasteiger partial charge in [-0.05, 0) is 17.7 Å². The van der Waals surface area contributed by atoms with Gasteiger partial charge in [-0.3, -0.25) is 0 Å². The molecule has 2 N–H and O–H groups in total. The predicted molar refractivity (Wildman–Crippen MR) is 86.3 cm³/mol. The molecule has 0 saturated carbocycles. The first-order chi connectivity index (χ1) is 12.0. The van der Waals surface area contributed by atoms with Crippen LogP contribution in [-0.2, 0) is 0 Å². The van der Waals surface area contributed by atoms with Crippen LogP contribution in [0.3, 0.4) is 0 Å². The normalized spacial score (nSPS) is 11.0. The molecule has 1 aromatic carbocycles. The molecule has 0 radical (unpaired) electrons. The van der Waals surface area contributed by atoms with E-state index in [-0.39, 0.29) is 28.3 Å². The molecule has 25 heavy (non-hydrogen) atoms. The van der Waals surface area contributed by atoms with Crippen molar-refractivity contribution in [1.82, 2.24) is 19.6 Å². The van der Waals surface area contributed by atoms with Crippen LogP contribution in [0.5, 0.6) is 0 Å². The van der Waals surface area contributed by atoms with E-state index >= 15 is 0 Å². The number of nitrogen functional groups attached to an aromatic ring is 1. The molecule has 10 heteroatoms. The van der Waals surface area contributed by atoms with Crippen molar-refractivity contribution in [3.05, 3.63) is 48.2 Å². The highest BCUT2D eigenvalue weighted by atomic mass is 32.2. The minimum absolute atomic E-state index is 0.0464. The summed E-state index contributed by atoms with van der Waals surface area (Å²) in [7, 11) is 0. The van der Waals surface area contributed by atoms with Crippen LogP contribution in [0, 0.1) is 5.82 Å². The largest absolute Gasteiger partial charge is 0.383 e. The molecule has 3 aromatic rings. The molecule has 130 valence electrons. The number of halogens is 4. The number of hydrogen-bond donors (Lipinski definition) is 1. The van der Waals surface area contributed by atoms with Gasteiger partial charge in [-0.15, -0.1) is 5.10 Å². The van der Waals surface area contributed by atoms with Crippen molar-refractivity contribution >= 4 is 23.4 Å². The summed E-state index contributed by atoms with van der Waals surface area (Å²) in [6.07, 6.45) is -1.26. The van der Waals surface area contributed by atoms with Gasteiger partial charge in [0.15, 0.2) is 5.83 Å². The van der Waals surface area contributed by atoms with E-state index in [1.165, 1.54) is 22.8 Å². The minimum atomic E-state index is -2.32. The fourth-order valence-corrected chi connectivity index (χ4v) is 2.82. The van der Waals surface area contributed by atoms with Gasteiger partial charge in [0.25, 0.3) is 5.78 Å². The van der Waals surface area contributed by atoms with Gasteiger partial charge in [0.05, 0.1) is 0 Å². The summed E-state index contributed by atoms with van der Waals surface area (Å²) in [5.74, 6) is -1.31. The predicted octanol–water partition coefficient (Wildman–Crippen LogP) is 4.07. The maximum Gasteiger partial charge on any atom is 0.301 e. The zero-order valence-electron chi connectivity index (χ0n) is 12.6. The highest BCUT2D eigenvalue weighted by molar-refractivity contribution is 7.99. The third-order valence-electron chi connectivity index (χ3n) is 3.30. The molecule has 5 nitrogen and oxygen atoms in total.